The molecule has 0 aromatic carbocycles. The summed E-state index contributed by atoms with van der Waals surface area (Å²) in [5.74, 6) is 2.02. The molecule has 0 fully saturated rings. The van der Waals surface area contributed by atoms with E-state index in [1.54, 1.807) is 29.5 Å². The van der Waals surface area contributed by atoms with Crippen molar-refractivity contribution < 1.29 is 14.6 Å². The Morgan fingerprint density at radius 3 is 2.78 bits per heavy atom. The van der Waals surface area contributed by atoms with Crippen molar-refractivity contribution in [1.29, 1.82) is 0 Å². The van der Waals surface area contributed by atoms with Gasteiger partial charge in [-0.2, -0.15) is 12.6 Å². The second-order valence-corrected chi connectivity index (χ2v) is 5.35. The van der Waals surface area contributed by atoms with Crippen LogP contribution >= 0.6 is 12.6 Å². The maximum absolute atomic E-state index is 12.1. The number of rotatable bonds is 7. The summed E-state index contributed by atoms with van der Waals surface area (Å²) in [4.78, 5) is 25.4. The number of thiol groups is 1. The van der Waals surface area contributed by atoms with Crippen molar-refractivity contribution in [2.24, 2.45) is 0 Å². The predicted octanol–water partition coefficient (Wildman–Crippen LogP) is 1.18. The molecule has 1 aromatic rings. The van der Waals surface area contributed by atoms with E-state index >= 15 is 0 Å². The van der Waals surface area contributed by atoms with Gasteiger partial charge in [0.15, 0.2) is 5.75 Å². The number of carbonyl (C=O) groups excluding carboxylic acids is 1. The Labute approximate surface area is 141 Å². The van der Waals surface area contributed by atoms with Crippen LogP contribution in [0.4, 0.5) is 0 Å². The minimum absolute atomic E-state index is 0.192. The normalized spacial score (nSPS) is 13.4. The van der Waals surface area contributed by atoms with E-state index in [4.69, 9.17) is 11.2 Å². The van der Waals surface area contributed by atoms with E-state index in [0.717, 1.165) is 0 Å². The molecule has 1 aromatic heterocycles. The number of ether oxygens (including phenoxy) is 1. The van der Waals surface area contributed by atoms with Gasteiger partial charge in [0.1, 0.15) is 6.04 Å². The van der Waals surface area contributed by atoms with Crippen LogP contribution in [0.15, 0.2) is 17.1 Å². The minimum Gasteiger partial charge on any atom is -0.503 e. The highest BCUT2D eigenvalue weighted by atomic mass is 32.1. The van der Waals surface area contributed by atoms with Gasteiger partial charge in [0, 0.05) is 18.0 Å². The summed E-state index contributed by atoms with van der Waals surface area (Å²) in [6.07, 6.45) is 6.61. The zero-order chi connectivity index (χ0) is 17.6. The van der Waals surface area contributed by atoms with Gasteiger partial charge in [-0.3, -0.25) is 14.5 Å². The molecule has 126 valence electrons. The Morgan fingerprint density at radius 1 is 1.61 bits per heavy atom. The first-order valence-electron chi connectivity index (χ1n) is 7.26. The van der Waals surface area contributed by atoms with E-state index in [-0.39, 0.29) is 30.8 Å². The highest BCUT2D eigenvalue weighted by Gasteiger charge is 2.30. The second kappa shape index (κ2) is 8.65. The summed E-state index contributed by atoms with van der Waals surface area (Å²) in [5, 5.41) is 9.84. The molecular weight excluding hydrogens is 316 g/mol. The van der Waals surface area contributed by atoms with Crippen LogP contribution in [0.5, 0.6) is 5.75 Å². The molecule has 0 amide bonds. The molecule has 6 nitrogen and oxygen atoms in total. The van der Waals surface area contributed by atoms with Crippen molar-refractivity contribution in [2.45, 2.75) is 33.0 Å². The van der Waals surface area contributed by atoms with Gasteiger partial charge >= 0.3 is 5.97 Å². The molecule has 1 rings (SSSR count). The number of terminal acetylenes is 1. The molecule has 0 spiro atoms. The number of pyridine rings is 1. The standard InChI is InChI=1S/C16H22N2O4S/c1-5-8-18(13(10-23)16(21)22-6-2)12(4)17-9-7-14(19)15(20)11(17)3/h1,7,9,12-13,20,23H,6,8,10H2,2-4H3. The second-order valence-electron chi connectivity index (χ2n) is 4.98. The lowest BCUT2D eigenvalue weighted by Crippen LogP contribution is -2.47. The number of nitrogens with zero attached hydrogens (tertiary/aromatic N) is 2. The molecule has 1 N–H and O–H groups in total. The highest BCUT2D eigenvalue weighted by molar-refractivity contribution is 7.80. The summed E-state index contributed by atoms with van der Waals surface area (Å²) < 4.78 is 6.76. The van der Waals surface area contributed by atoms with E-state index in [1.807, 2.05) is 6.92 Å². The Balaban J connectivity index is 3.24. The molecule has 0 aliphatic carbocycles. The van der Waals surface area contributed by atoms with E-state index in [0.29, 0.717) is 5.69 Å². The van der Waals surface area contributed by atoms with Gasteiger partial charge in [-0.25, -0.2) is 0 Å². The molecule has 23 heavy (non-hydrogen) atoms. The Bertz CT molecular complexity index is 650. The molecule has 0 radical (unpaired) electrons. The monoisotopic (exact) mass is 338 g/mol. The maximum Gasteiger partial charge on any atom is 0.324 e. The van der Waals surface area contributed by atoms with E-state index in [1.165, 1.54) is 6.07 Å². The molecule has 0 saturated heterocycles. The van der Waals surface area contributed by atoms with Crippen LogP contribution in [0.25, 0.3) is 0 Å². The highest BCUT2D eigenvalue weighted by Crippen LogP contribution is 2.21. The predicted molar refractivity (Wildman–Crippen MR) is 91.6 cm³/mol. The third-order valence-electron chi connectivity index (χ3n) is 3.64. The van der Waals surface area contributed by atoms with E-state index in [2.05, 4.69) is 18.5 Å². The average molecular weight is 338 g/mol. The van der Waals surface area contributed by atoms with E-state index in [9.17, 15) is 14.7 Å². The fourth-order valence-corrected chi connectivity index (χ4v) is 2.72. The van der Waals surface area contributed by atoms with Crippen LogP contribution in [0.3, 0.4) is 0 Å². The number of aromatic nitrogens is 1. The first-order chi connectivity index (χ1) is 10.9. The molecule has 0 aliphatic rings. The lowest BCUT2D eigenvalue weighted by atomic mass is 10.2. The van der Waals surface area contributed by atoms with Crippen molar-refractivity contribution >= 4 is 18.6 Å². The average Bonchev–Trinajstić information content (AvgIpc) is 2.52. The van der Waals surface area contributed by atoms with Gasteiger partial charge < -0.3 is 14.4 Å². The van der Waals surface area contributed by atoms with Gasteiger partial charge in [-0.15, -0.1) is 6.42 Å². The number of esters is 1. The largest absolute Gasteiger partial charge is 0.503 e. The smallest absolute Gasteiger partial charge is 0.324 e. The quantitative estimate of drug-likeness (QED) is 0.444. The molecule has 7 heteroatoms. The van der Waals surface area contributed by atoms with Crippen molar-refractivity contribution in [1.82, 2.24) is 9.47 Å². The van der Waals surface area contributed by atoms with Crippen molar-refractivity contribution in [3.63, 3.8) is 0 Å². The molecule has 2 unspecified atom stereocenters. The fraction of sp³-hybridized carbons (Fsp3) is 0.500. The van der Waals surface area contributed by atoms with Gasteiger partial charge in [-0.1, -0.05) is 5.92 Å². The van der Waals surface area contributed by atoms with Crippen LogP contribution in [0, 0.1) is 19.3 Å². The summed E-state index contributed by atoms with van der Waals surface area (Å²) in [7, 11) is 0. The summed E-state index contributed by atoms with van der Waals surface area (Å²) in [5.41, 5.74) is -0.0561. The van der Waals surface area contributed by atoms with Crippen molar-refractivity contribution in [3.05, 3.63) is 28.2 Å². The summed E-state index contributed by atoms with van der Waals surface area (Å²) in [6.45, 7) is 5.63. The van der Waals surface area contributed by atoms with Gasteiger partial charge in [0.25, 0.3) is 0 Å². The SMILES string of the molecule is C#CCN(C(CS)C(=O)OCC)C(C)n1ccc(=O)c(O)c1C. The van der Waals surface area contributed by atoms with Crippen LogP contribution < -0.4 is 5.43 Å². The Hall–Kier alpha value is -1.91. The lowest BCUT2D eigenvalue weighted by molar-refractivity contribution is -0.149. The third kappa shape index (κ3) is 4.30. The van der Waals surface area contributed by atoms with Crippen LogP contribution in [0.1, 0.15) is 25.7 Å². The van der Waals surface area contributed by atoms with Gasteiger partial charge in [0.05, 0.1) is 25.0 Å². The summed E-state index contributed by atoms with van der Waals surface area (Å²) in [6, 6.07) is 0.637. The number of hydrogen-bond acceptors (Lipinski definition) is 6. The van der Waals surface area contributed by atoms with Crippen LogP contribution in [-0.2, 0) is 9.53 Å². The Kier molecular flexibility index (Phi) is 7.20. The number of hydrogen-bond donors (Lipinski definition) is 2. The zero-order valence-electron chi connectivity index (χ0n) is 13.5. The fourth-order valence-electron chi connectivity index (χ4n) is 2.37. The first-order valence-corrected chi connectivity index (χ1v) is 7.89. The maximum atomic E-state index is 12.1. The zero-order valence-corrected chi connectivity index (χ0v) is 14.4. The van der Waals surface area contributed by atoms with Crippen molar-refractivity contribution in [2.75, 3.05) is 18.9 Å². The van der Waals surface area contributed by atoms with Gasteiger partial charge in [0.2, 0.25) is 5.43 Å². The molecule has 0 aliphatic heterocycles. The molecular formula is C16H22N2O4S. The topological polar surface area (TPSA) is 71.8 Å². The number of carbonyl (C=O) groups is 1. The van der Waals surface area contributed by atoms with Crippen molar-refractivity contribution in [3.8, 4) is 18.1 Å². The van der Waals surface area contributed by atoms with Crippen LogP contribution in [-0.4, -0.2) is 45.5 Å². The molecule has 0 bridgehead atoms. The van der Waals surface area contributed by atoms with Gasteiger partial charge in [-0.05, 0) is 20.8 Å². The first kappa shape index (κ1) is 19.1. The molecule has 1 heterocycles. The molecule has 2 atom stereocenters. The summed E-state index contributed by atoms with van der Waals surface area (Å²) >= 11 is 4.23. The molecule has 0 saturated carbocycles. The third-order valence-corrected chi connectivity index (χ3v) is 3.98. The van der Waals surface area contributed by atoms with Crippen LogP contribution in [0.2, 0.25) is 0 Å². The number of aromatic hydroxyl groups is 1. The Morgan fingerprint density at radius 2 is 2.26 bits per heavy atom. The lowest BCUT2D eigenvalue weighted by Gasteiger charge is -2.35. The minimum atomic E-state index is -0.634. The van der Waals surface area contributed by atoms with E-state index < -0.39 is 17.4 Å².